The quantitative estimate of drug-likeness (QED) is 0.247. The summed E-state index contributed by atoms with van der Waals surface area (Å²) in [6.07, 6.45) is -0.759. The van der Waals surface area contributed by atoms with E-state index in [1.165, 1.54) is 0 Å². The molecule has 0 heterocycles. The molecule has 0 fully saturated rings. The van der Waals surface area contributed by atoms with Gasteiger partial charge in [-0.3, -0.25) is 5.41 Å². The van der Waals surface area contributed by atoms with E-state index in [1.54, 1.807) is 13.8 Å². The van der Waals surface area contributed by atoms with E-state index in [0.717, 1.165) is 0 Å². The highest BCUT2D eigenvalue weighted by atomic mass is 16.5. The highest BCUT2D eigenvalue weighted by molar-refractivity contribution is 5.73. The second-order valence-electron chi connectivity index (χ2n) is 2.35. The van der Waals surface area contributed by atoms with Gasteiger partial charge in [0.1, 0.15) is 6.73 Å². The SMILES string of the molecule is CC(O)C(C)OCNC(=N)N. The van der Waals surface area contributed by atoms with Gasteiger partial charge in [-0.2, -0.15) is 0 Å². The van der Waals surface area contributed by atoms with Crippen LogP contribution < -0.4 is 11.1 Å². The molecule has 0 bridgehead atoms. The Labute approximate surface area is 66.0 Å². The van der Waals surface area contributed by atoms with Crippen LogP contribution in [0.5, 0.6) is 0 Å². The van der Waals surface area contributed by atoms with Crippen LogP contribution >= 0.6 is 0 Å². The summed E-state index contributed by atoms with van der Waals surface area (Å²) in [4.78, 5) is 0. The van der Waals surface area contributed by atoms with Crippen molar-refractivity contribution in [1.29, 1.82) is 5.41 Å². The third-order valence-electron chi connectivity index (χ3n) is 1.29. The summed E-state index contributed by atoms with van der Waals surface area (Å²) in [6, 6.07) is 0. The standard InChI is InChI=1S/C6H15N3O2/c1-4(10)5(2)11-3-9-6(7)8/h4-5,10H,3H2,1-2H3,(H4,7,8,9). The Morgan fingerprint density at radius 2 is 2.27 bits per heavy atom. The lowest BCUT2D eigenvalue weighted by atomic mass is 10.3. The summed E-state index contributed by atoms with van der Waals surface area (Å²) in [5.74, 6) is -0.136. The minimum Gasteiger partial charge on any atom is -0.391 e. The molecule has 0 aromatic heterocycles. The van der Waals surface area contributed by atoms with Crippen molar-refractivity contribution in [3.05, 3.63) is 0 Å². The predicted molar refractivity (Wildman–Crippen MR) is 42.1 cm³/mol. The average molecular weight is 161 g/mol. The molecule has 0 saturated heterocycles. The Morgan fingerprint density at radius 3 is 2.64 bits per heavy atom. The fourth-order valence-electron chi connectivity index (χ4n) is 0.390. The second-order valence-corrected chi connectivity index (χ2v) is 2.35. The maximum Gasteiger partial charge on any atom is 0.187 e. The van der Waals surface area contributed by atoms with Crippen LogP contribution in [0.4, 0.5) is 0 Å². The minimum absolute atomic E-state index is 0.136. The first-order valence-electron chi connectivity index (χ1n) is 3.41. The van der Waals surface area contributed by atoms with Gasteiger partial charge in [-0.05, 0) is 13.8 Å². The van der Waals surface area contributed by atoms with Crippen LogP contribution in [0.15, 0.2) is 0 Å². The van der Waals surface area contributed by atoms with Gasteiger partial charge in [0.25, 0.3) is 0 Å². The average Bonchev–Trinajstić information content (AvgIpc) is 1.86. The van der Waals surface area contributed by atoms with E-state index in [4.69, 9.17) is 21.0 Å². The normalized spacial score (nSPS) is 15.5. The van der Waals surface area contributed by atoms with Crippen LogP contribution in [0.1, 0.15) is 13.8 Å². The molecule has 0 rings (SSSR count). The summed E-state index contributed by atoms with van der Waals surface area (Å²) in [5, 5.41) is 18.2. The summed E-state index contributed by atoms with van der Waals surface area (Å²) < 4.78 is 5.03. The van der Waals surface area contributed by atoms with Gasteiger partial charge in [-0.25, -0.2) is 0 Å². The smallest absolute Gasteiger partial charge is 0.187 e. The molecule has 66 valence electrons. The van der Waals surface area contributed by atoms with Crippen LogP contribution in [0.25, 0.3) is 0 Å². The van der Waals surface area contributed by atoms with Gasteiger partial charge in [0, 0.05) is 0 Å². The van der Waals surface area contributed by atoms with Crippen molar-refractivity contribution in [2.45, 2.75) is 26.1 Å². The molecular weight excluding hydrogens is 146 g/mol. The first kappa shape index (κ1) is 10.2. The van der Waals surface area contributed by atoms with Gasteiger partial charge < -0.3 is 20.9 Å². The molecule has 5 heteroatoms. The van der Waals surface area contributed by atoms with Crippen molar-refractivity contribution in [2.24, 2.45) is 5.73 Å². The number of guanidine groups is 1. The molecular formula is C6H15N3O2. The van der Waals surface area contributed by atoms with Crippen LogP contribution in [0, 0.1) is 5.41 Å². The van der Waals surface area contributed by atoms with E-state index in [1.807, 2.05) is 0 Å². The number of aliphatic hydroxyl groups is 1. The summed E-state index contributed by atoms with van der Waals surface area (Å²) in [7, 11) is 0. The topological polar surface area (TPSA) is 91.4 Å². The summed E-state index contributed by atoms with van der Waals surface area (Å²) in [5.41, 5.74) is 4.98. The monoisotopic (exact) mass is 161 g/mol. The second kappa shape index (κ2) is 4.92. The fourth-order valence-corrected chi connectivity index (χ4v) is 0.390. The molecule has 5 N–H and O–H groups in total. The molecule has 0 aliphatic rings. The number of nitrogens with one attached hydrogen (secondary N) is 2. The van der Waals surface area contributed by atoms with Crippen molar-refractivity contribution in [3.63, 3.8) is 0 Å². The molecule has 0 aliphatic carbocycles. The van der Waals surface area contributed by atoms with Crippen molar-refractivity contribution in [1.82, 2.24) is 5.32 Å². The molecule has 0 aliphatic heterocycles. The Balaban J connectivity index is 3.31. The van der Waals surface area contributed by atoms with E-state index >= 15 is 0 Å². The van der Waals surface area contributed by atoms with Gasteiger partial charge in [0.15, 0.2) is 5.96 Å². The lowest BCUT2D eigenvalue weighted by Crippen LogP contribution is -2.35. The highest BCUT2D eigenvalue weighted by Crippen LogP contribution is 1.95. The third kappa shape index (κ3) is 5.63. The van der Waals surface area contributed by atoms with Gasteiger partial charge >= 0.3 is 0 Å². The first-order chi connectivity index (χ1) is 5.04. The van der Waals surface area contributed by atoms with E-state index in [9.17, 15) is 0 Å². The number of hydrogen-bond acceptors (Lipinski definition) is 3. The largest absolute Gasteiger partial charge is 0.391 e. The van der Waals surface area contributed by atoms with Crippen molar-refractivity contribution in [2.75, 3.05) is 6.73 Å². The maximum atomic E-state index is 8.95. The van der Waals surface area contributed by atoms with Crippen molar-refractivity contribution < 1.29 is 9.84 Å². The van der Waals surface area contributed by atoms with E-state index in [2.05, 4.69) is 5.32 Å². The lowest BCUT2D eigenvalue weighted by Gasteiger charge is -2.15. The molecule has 5 nitrogen and oxygen atoms in total. The number of hydrogen-bond donors (Lipinski definition) is 4. The van der Waals surface area contributed by atoms with Crippen LogP contribution in [-0.4, -0.2) is 30.0 Å². The van der Waals surface area contributed by atoms with Crippen LogP contribution in [-0.2, 0) is 4.74 Å². The lowest BCUT2D eigenvalue weighted by molar-refractivity contribution is -0.0207. The van der Waals surface area contributed by atoms with E-state index in [-0.39, 0.29) is 18.8 Å². The number of aliphatic hydroxyl groups excluding tert-OH is 1. The number of nitrogens with two attached hydrogens (primary N) is 1. The van der Waals surface area contributed by atoms with Gasteiger partial charge in [-0.15, -0.1) is 0 Å². The Bertz CT molecular complexity index is 127. The summed E-state index contributed by atoms with van der Waals surface area (Å²) in [6.45, 7) is 3.53. The van der Waals surface area contributed by atoms with Gasteiger partial charge in [0.2, 0.25) is 0 Å². The molecule has 2 unspecified atom stereocenters. The molecule has 11 heavy (non-hydrogen) atoms. The Kier molecular flexibility index (Phi) is 4.56. The van der Waals surface area contributed by atoms with E-state index < -0.39 is 6.10 Å². The summed E-state index contributed by atoms with van der Waals surface area (Å²) >= 11 is 0. The number of ether oxygens (including phenoxy) is 1. The zero-order valence-electron chi connectivity index (χ0n) is 6.79. The predicted octanol–water partition coefficient (Wildman–Crippen LogP) is -0.787. The van der Waals surface area contributed by atoms with Crippen molar-refractivity contribution in [3.8, 4) is 0 Å². The number of rotatable bonds is 4. The molecule has 0 amide bonds. The molecule has 0 radical (unpaired) electrons. The third-order valence-corrected chi connectivity index (χ3v) is 1.29. The highest BCUT2D eigenvalue weighted by Gasteiger charge is 2.07. The molecule has 0 aromatic carbocycles. The molecule has 0 aromatic rings. The Morgan fingerprint density at radius 1 is 1.73 bits per heavy atom. The fraction of sp³-hybridized carbons (Fsp3) is 0.833. The molecule has 0 spiro atoms. The van der Waals surface area contributed by atoms with Gasteiger partial charge in [0.05, 0.1) is 12.2 Å². The zero-order chi connectivity index (χ0) is 8.85. The first-order valence-corrected chi connectivity index (χ1v) is 3.41. The maximum absolute atomic E-state index is 8.95. The Hall–Kier alpha value is -0.810. The zero-order valence-corrected chi connectivity index (χ0v) is 6.79. The minimum atomic E-state index is -0.510. The molecule has 0 saturated carbocycles. The van der Waals surface area contributed by atoms with Crippen LogP contribution in [0.3, 0.4) is 0 Å². The van der Waals surface area contributed by atoms with Gasteiger partial charge in [-0.1, -0.05) is 0 Å². The van der Waals surface area contributed by atoms with Crippen LogP contribution in [0.2, 0.25) is 0 Å². The van der Waals surface area contributed by atoms with Crippen molar-refractivity contribution >= 4 is 5.96 Å². The van der Waals surface area contributed by atoms with E-state index in [0.29, 0.717) is 0 Å². The molecule has 2 atom stereocenters.